The highest BCUT2D eigenvalue weighted by molar-refractivity contribution is 6.33. The van der Waals surface area contributed by atoms with Gasteiger partial charge in [-0.2, -0.15) is 0 Å². The monoisotopic (exact) mass is 387 g/mol. The number of benzene rings is 3. The third-order valence-electron chi connectivity index (χ3n) is 4.13. The average molecular weight is 388 g/mol. The molecule has 4 N–H and O–H groups in total. The number of nitro benzene ring substituents is 1. The Balaban J connectivity index is 2.21. The minimum Gasteiger partial charge on any atom is -0.398 e. The van der Waals surface area contributed by atoms with E-state index in [-0.39, 0.29) is 11.6 Å². The first-order chi connectivity index (χ1) is 12.4. The van der Waals surface area contributed by atoms with E-state index in [1.54, 1.807) is 36.4 Å². The van der Waals surface area contributed by atoms with Gasteiger partial charge in [-0.3, -0.25) is 10.1 Å². The Morgan fingerprint density at radius 3 is 1.77 bits per heavy atom. The third kappa shape index (κ3) is 3.59. The van der Waals surface area contributed by atoms with E-state index in [2.05, 4.69) is 0 Å². The van der Waals surface area contributed by atoms with Crippen LogP contribution in [-0.4, -0.2) is 4.92 Å². The molecule has 5 nitrogen and oxygen atoms in total. The second-order valence-corrected chi connectivity index (χ2v) is 6.66. The van der Waals surface area contributed by atoms with Crippen molar-refractivity contribution in [1.29, 1.82) is 0 Å². The molecule has 0 aromatic heterocycles. The van der Waals surface area contributed by atoms with Crippen LogP contribution < -0.4 is 11.5 Å². The highest BCUT2D eigenvalue weighted by Crippen LogP contribution is 2.37. The van der Waals surface area contributed by atoms with Gasteiger partial charge in [-0.15, -0.1) is 0 Å². The lowest BCUT2D eigenvalue weighted by Gasteiger charge is -2.20. The largest absolute Gasteiger partial charge is 0.398 e. The van der Waals surface area contributed by atoms with Gasteiger partial charge in [0, 0.05) is 18.1 Å². The van der Waals surface area contributed by atoms with Crippen LogP contribution in [-0.2, 0) is 0 Å². The Morgan fingerprint density at radius 2 is 1.31 bits per heavy atom. The van der Waals surface area contributed by atoms with Crippen LogP contribution in [0.2, 0.25) is 10.0 Å². The summed E-state index contributed by atoms with van der Waals surface area (Å²) in [7, 11) is 0. The van der Waals surface area contributed by atoms with Crippen molar-refractivity contribution in [3.05, 3.63) is 97.5 Å². The van der Waals surface area contributed by atoms with Crippen LogP contribution in [0.25, 0.3) is 0 Å². The van der Waals surface area contributed by atoms with Crippen molar-refractivity contribution in [3.8, 4) is 0 Å². The highest BCUT2D eigenvalue weighted by atomic mass is 35.5. The molecule has 0 amide bonds. The van der Waals surface area contributed by atoms with Crippen LogP contribution in [0.15, 0.2) is 60.7 Å². The molecule has 3 rings (SSSR count). The molecule has 3 aromatic carbocycles. The Kier molecular flexibility index (Phi) is 5.02. The topological polar surface area (TPSA) is 95.2 Å². The summed E-state index contributed by atoms with van der Waals surface area (Å²) in [6.07, 6.45) is 0. The zero-order valence-electron chi connectivity index (χ0n) is 13.5. The average Bonchev–Trinajstić information content (AvgIpc) is 2.61. The van der Waals surface area contributed by atoms with Gasteiger partial charge < -0.3 is 11.5 Å². The van der Waals surface area contributed by atoms with Gasteiger partial charge in [-0.05, 0) is 41.0 Å². The first kappa shape index (κ1) is 18.0. The van der Waals surface area contributed by atoms with E-state index in [9.17, 15) is 10.1 Å². The number of hydrogen-bond acceptors (Lipinski definition) is 4. The molecule has 0 aliphatic heterocycles. The van der Waals surface area contributed by atoms with Gasteiger partial charge in [-0.25, -0.2) is 0 Å². The van der Waals surface area contributed by atoms with E-state index in [1.807, 2.05) is 18.2 Å². The van der Waals surface area contributed by atoms with E-state index in [4.69, 9.17) is 34.7 Å². The first-order valence-corrected chi connectivity index (χ1v) is 8.46. The number of nitrogens with two attached hydrogens (primary N) is 2. The Morgan fingerprint density at radius 1 is 0.808 bits per heavy atom. The van der Waals surface area contributed by atoms with Gasteiger partial charge in [0.15, 0.2) is 0 Å². The zero-order valence-corrected chi connectivity index (χ0v) is 15.0. The predicted octanol–water partition coefficient (Wildman–Crippen LogP) is 5.25. The molecule has 0 radical (unpaired) electrons. The zero-order chi connectivity index (χ0) is 18.8. The molecular formula is C19H15Cl2N3O2. The lowest BCUT2D eigenvalue weighted by atomic mass is 9.85. The van der Waals surface area contributed by atoms with E-state index >= 15 is 0 Å². The predicted molar refractivity (Wildman–Crippen MR) is 106 cm³/mol. The van der Waals surface area contributed by atoms with Crippen LogP contribution in [0.5, 0.6) is 0 Å². The lowest BCUT2D eigenvalue weighted by Crippen LogP contribution is -2.05. The fourth-order valence-electron chi connectivity index (χ4n) is 2.84. The van der Waals surface area contributed by atoms with Gasteiger partial charge in [0.05, 0.1) is 26.3 Å². The number of hydrogen-bond donors (Lipinski definition) is 2. The summed E-state index contributed by atoms with van der Waals surface area (Å²) in [6, 6.07) is 17.1. The molecular weight excluding hydrogens is 373 g/mol. The van der Waals surface area contributed by atoms with Crippen molar-refractivity contribution >= 4 is 40.3 Å². The molecule has 0 bridgehead atoms. The fourth-order valence-corrected chi connectivity index (χ4v) is 3.22. The van der Waals surface area contributed by atoms with Gasteiger partial charge in [0.1, 0.15) is 0 Å². The number of nitrogens with zero attached hydrogens (tertiary/aromatic N) is 1. The van der Waals surface area contributed by atoms with Gasteiger partial charge >= 0.3 is 0 Å². The second kappa shape index (κ2) is 7.23. The van der Waals surface area contributed by atoms with Crippen LogP contribution in [0.4, 0.5) is 17.1 Å². The van der Waals surface area contributed by atoms with Crippen molar-refractivity contribution in [1.82, 2.24) is 0 Å². The molecule has 0 aliphatic rings. The number of non-ortho nitro benzene ring substituents is 1. The number of rotatable bonds is 4. The molecule has 7 heteroatoms. The molecule has 26 heavy (non-hydrogen) atoms. The normalized spacial score (nSPS) is 10.9. The Bertz CT molecular complexity index is 941. The SMILES string of the molecule is Nc1ccc(C(c2cccc([N+](=O)[O-])c2)c2ccc(N)c(Cl)c2)cc1Cl. The molecule has 0 heterocycles. The van der Waals surface area contributed by atoms with Crippen LogP contribution in [0.3, 0.4) is 0 Å². The smallest absolute Gasteiger partial charge is 0.269 e. The van der Waals surface area contributed by atoms with Gasteiger partial charge in [0.2, 0.25) is 0 Å². The first-order valence-electron chi connectivity index (χ1n) is 7.71. The van der Waals surface area contributed by atoms with E-state index in [1.165, 1.54) is 6.07 Å². The highest BCUT2D eigenvalue weighted by Gasteiger charge is 2.20. The maximum atomic E-state index is 11.2. The molecule has 3 aromatic rings. The van der Waals surface area contributed by atoms with Gasteiger partial charge in [-0.1, -0.05) is 47.5 Å². The maximum Gasteiger partial charge on any atom is 0.269 e. The van der Waals surface area contributed by atoms with Crippen molar-refractivity contribution in [2.24, 2.45) is 0 Å². The number of nitrogen functional groups attached to an aromatic ring is 2. The minimum atomic E-state index is -0.424. The third-order valence-corrected chi connectivity index (χ3v) is 4.78. The summed E-state index contributed by atoms with van der Waals surface area (Å²) in [5, 5.41) is 12.0. The van der Waals surface area contributed by atoms with Crippen molar-refractivity contribution in [2.45, 2.75) is 5.92 Å². The summed E-state index contributed by atoms with van der Waals surface area (Å²) in [4.78, 5) is 10.8. The van der Waals surface area contributed by atoms with E-state index in [0.29, 0.717) is 21.4 Å². The van der Waals surface area contributed by atoms with Crippen molar-refractivity contribution in [2.75, 3.05) is 11.5 Å². The van der Waals surface area contributed by atoms with E-state index in [0.717, 1.165) is 16.7 Å². The summed E-state index contributed by atoms with van der Waals surface area (Å²) in [5.74, 6) is -0.314. The summed E-state index contributed by atoms with van der Waals surface area (Å²) < 4.78 is 0. The molecule has 0 atom stereocenters. The van der Waals surface area contributed by atoms with Crippen molar-refractivity contribution in [3.63, 3.8) is 0 Å². The molecule has 0 spiro atoms. The maximum absolute atomic E-state index is 11.2. The molecule has 0 saturated heterocycles. The Labute approximate surface area is 160 Å². The molecule has 0 fully saturated rings. The number of halogens is 2. The van der Waals surface area contributed by atoms with Crippen molar-refractivity contribution < 1.29 is 4.92 Å². The van der Waals surface area contributed by atoms with Crippen LogP contribution in [0.1, 0.15) is 22.6 Å². The molecule has 0 aliphatic carbocycles. The van der Waals surface area contributed by atoms with Crippen LogP contribution in [0, 0.1) is 10.1 Å². The quantitative estimate of drug-likeness (QED) is 0.276. The minimum absolute atomic E-state index is 0.00980. The second-order valence-electron chi connectivity index (χ2n) is 5.85. The summed E-state index contributed by atoms with van der Waals surface area (Å²) in [6.45, 7) is 0. The van der Waals surface area contributed by atoms with E-state index < -0.39 is 4.92 Å². The van der Waals surface area contributed by atoms with Crippen LogP contribution >= 0.6 is 23.2 Å². The standard InChI is InChI=1S/C19H15Cl2N3O2/c20-15-9-12(4-6-17(15)22)19(13-5-7-18(23)16(21)10-13)11-2-1-3-14(8-11)24(25)26/h1-10,19H,22-23H2. The summed E-state index contributed by atoms with van der Waals surface area (Å²) in [5.41, 5.74) is 15.0. The number of anilines is 2. The number of nitro groups is 1. The molecule has 132 valence electrons. The summed E-state index contributed by atoms with van der Waals surface area (Å²) >= 11 is 12.4. The van der Waals surface area contributed by atoms with Gasteiger partial charge in [0.25, 0.3) is 5.69 Å². The lowest BCUT2D eigenvalue weighted by molar-refractivity contribution is -0.384. The molecule has 0 saturated carbocycles. The Hall–Kier alpha value is -2.76. The molecule has 0 unspecified atom stereocenters. The fraction of sp³-hybridized carbons (Fsp3) is 0.0526.